The molecule has 0 saturated heterocycles. The molecular weight excluding hydrogens is 830 g/mol. The maximum absolute atomic E-state index is 12.3. The third-order valence-corrected chi connectivity index (χ3v) is 10.5. The van der Waals surface area contributed by atoms with E-state index in [1.807, 2.05) is 0 Å². The third-order valence-electron chi connectivity index (χ3n) is 9.55. The van der Waals surface area contributed by atoms with Crippen molar-refractivity contribution in [3.05, 3.63) is 109 Å². The summed E-state index contributed by atoms with van der Waals surface area (Å²) in [4.78, 5) is 46.0. The largest absolute Gasteiger partial charge is 0.480 e. The number of phosphoric ester groups is 1. The Balaban J connectivity index is 3.98. The number of esters is 1. The van der Waals surface area contributed by atoms with Crippen molar-refractivity contribution >= 4 is 25.7 Å². The number of carbonyl (C=O) groups excluding carboxylic acids is 2. The molecule has 0 aliphatic heterocycles. The number of allylic oxidation sites excluding steroid dienone is 18. The molecule has 1 amide bonds. The minimum absolute atomic E-state index is 0.100. The molecule has 0 aromatic heterocycles. The van der Waals surface area contributed by atoms with Gasteiger partial charge in [-0.05, 0) is 103 Å². The van der Waals surface area contributed by atoms with Gasteiger partial charge in [-0.3, -0.25) is 18.6 Å². The predicted molar refractivity (Wildman–Crippen MR) is 263 cm³/mol. The number of ether oxygens (including phenoxy) is 1. The number of aliphatic hydroxyl groups is 1. The summed E-state index contributed by atoms with van der Waals surface area (Å²) in [6.45, 7) is 2.40. The lowest BCUT2D eigenvalue weighted by atomic mass is 10.1. The van der Waals surface area contributed by atoms with Crippen LogP contribution in [0.25, 0.3) is 0 Å². The maximum Gasteiger partial charge on any atom is 0.472 e. The number of hydrogen-bond acceptors (Lipinski definition) is 8. The zero-order valence-electron chi connectivity index (χ0n) is 39.3. The van der Waals surface area contributed by atoms with Gasteiger partial charge in [0.25, 0.3) is 0 Å². The third kappa shape index (κ3) is 44.7. The van der Waals surface area contributed by atoms with E-state index in [4.69, 9.17) is 13.8 Å². The average Bonchev–Trinajstić information content (AvgIpc) is 3.27. The summed E-state index contributed by atoms with van der Waals surface area (Å²) in [5.74, 6) is -2.45. The van der Waals surface area contributed by atoms with E-state index in [9.17, 15) is 34.1 Å². The van der Waals surface area contributed by atoms with Crippen LogP contribution in [-0.2, 0) is 32.7 Å². The van der Waals surface area contributed by atoms with Gasteiger partial charge < -0.3 is 25.2 Å². The van der Waals surface area contributed by atoms with Gasteiger partial charge in [0.1, 0.15) is 12.7 Å². The van der Waals surface area contributed by atoms with Gasteiger partial charge >= 0.3 is 19.8 Å². The second-order valence-corrected chi connectivity index (χ2v) is 17.0. The van der Waals surface area contributed by atoms with E-state index in [1.54, 1.807) is 0 Å². The van der Waals surface area contributed by atoms with Crippen molar-refractivity contribution in [1.82, 2.24) is 5.32 Å². The molecule has 0 aromatic carbocycles. The van der Waals surface area contributed by atoms with Gasteiger partial charge in [-0.1, -0.05) is 162 Å². The molecule has 0 aliphatic carbocycles. The molecule has 64 heavy (non-hydrogen) atoms. The lowest BCUT2D eigenvalue weighted by Gasteiger charge is -2.18. The van der Waals surface area contributed by atoms with Gasteiger partial charge in [0, 0.05) is 12.8 Å². The van der Waals surface area contributed by atoms with E-state index in [0.717, 1.165) is 109 Å². The first-order valence-corrected chi connectivity index (χ1v) is 25.4. The number of nitrogens with one attached hydrogen (secondary N) is 1. The number of carboxylic acids is 1. The SMILES string of the molecule is CC/C=C\C/C=C\C/C=C\C/C=C\C/C=C\CCCCCCCC(=O)OCC(O)COP(=O)(O)OCC(NC(=O)CCCCC/C=C\C/C=C\C/C=C\C/C=C\CCCCC)C(=O)O. The number of unbranched alkanes of at least 4 members (excludes halogenated alkanes) is 11. The van der Waals surface area contributed by atoms with Crippen LogP contribution >= 0.6 is 7.82 Å². The highest BCUT2D eigenvalue weighted by Gasteiger charge is 2.28. The fraction of sp³-hybridized carbons (Fsp3) is 0.596. The Morgan fingerprint density at radius 3 is 1.38 bits per heavy atom. The molecule has 3 unspecified atom stereocenters. The fourth-order valence-electron chi connectivity index (χ4n) is 5.85. The second-order valence-electron chi connectivity index (χ2n) is 15.6. The molecule has 0 rings (SSSR count). The smallest absolute Gasteiger partial charge is 0.472 e. The molecule has 3 atom stereocenters. The molecule has 4 N–H and O–H groups in total. The van der Waals surface area contributed by atoms with Gasteiger partial charge in [0.2, 0.25) is 5.91 Å². The van der Waals surface area contributed by atoms with Crippen molar-refractivity contribution in [2.75, 3.05) is 19.8 Å². The Bertz CT molecular complexity index is 1490. The van der Waals surface area contributed by atoms with Crippen LogP contribution in [0.3, 0.4) is 0 Å². The van der Waals surface area contributed by atoms with E-state index < -0.39 is 57.6 Å². The van der Waals surface area contributed by atoms with Crippen LogP contribution in [-0.4, -0.2) is 64.9 Å². The monoisotopic (exact) mass is 914 g/mol. The molecule has 12 heteroatoms. The number of aliphatic carboxylic acids is 1. The molecule has 0 saturated carbocycles. The number of carbonyl (C=O) groups is 3. The summed E-state index contributed by atoms with van der Waals surface area (Å²) in [6.07, 6.45) is 59.6. The van der Waals surface area contributed by atoms with Crippen LogP contribution in [0.15, 0.2) is 109 Å². The highest BCUT2D eigenvalue weighted by molar-refractivity contribution is 7.47. The molecule has 0 fully saturated rings. The molecule has 362 valence electrons. The van der Waals surface area contributed by atoms with Crippen LogP contribution in [0.5, 0.6) is 0 Å². The highest BCUT2D eigenvalue weighted by atomic mass is 31.2. The van der Waals surface area contributed by atoms with Crippen LogP contribution in [0, 0.1) is 0 Å². The number of carboxylic acid groups (broad SMARTS) is 1. The first-order valence-electron chi connectivity index (χ1n) is 23.9. The second kappa shape index (κ2) is 45.7. The van der Waals surface area contributed by atoms with E-state index in [0.29, 0.717) is 12.8 Å². The van der Waals surface area contributed by atoms with Crippen LogP contribution in [0.2, 0.25) is 0 Å². The summed E-state index contributed by atoms with van der Waals surface area (Å²) in [5.41, 5.74) is 0. The normalized spacial score (nSPS) is 14.6. The summed E-state index contributed by atoms with van der Waals surface area (Å²) in [7, 11) is -4.78. The number of aliphatic hydroxyl groups excluding tert-OH is 1. The van der Waals surface area contributed by atoms with E-state index >= 15 is 0 Å². The van der Waals surface area contributed by atoms with Crippen LogP contribution in [0.1, 0.15) is 168 Å². The minimum Gasteiger partial charge on any atom is -0.480 e. The van der Waals surface area contributed by atoms with Crippen molar-refractivity contribution in [3.63, 3.8) is 0 Å². The first-order chi connectivity index (χ1) is 31.1. The Morgan fingerprint density at radius 2 is 0.906 bits per heavy atom. The average molecular weight is 914 g/mol. The summed E-state index contributed by atoms with van der Waals surface area (Å²) in [5, 5.41) is 21.9. The quantitative estimate of drug-likeness (QED) is 0.0200. The molecule has 0 aromatic rings. The van der Waals surface area contributed by atoms with E-state index in [2.05, 4.69) is 129 Å². The molecular formula is C52H84NO10P. The Morgan fingerprint density at radius 1 is 0.516 bits per heavy atom. The Labute approximate surface area is 386 Å². The van der Waals surface area contributed by atoms with Crippen molar-refractivity contribution < 1.29 is 47.8 Å². The molecule has 0 aliphatic rings. The van der Waals surface area contributed by atoms with E-state index in [1.165, 1.54) is 19.3 Å². The van der Waals surface area contributed by atoms with Gasteiger partial charge in [0.05, 0.1) is 13.2 Å². The Kier molecular flexibility index (Phi) is 42.9. The van der Waals surface area contributed by atoms with Crippen LogP contribution in [0.4, 0.5) is 0 Å². The summed E-state index contributed by atoms with van der Waals surface area (Å²) in [6, 6.07) is -1.57. The fourth-order valence-corrected chi connectivity index (χ4v) is 6.63. The van der Waals surface area contributed by atoms with Crippen molar-refractivity contribution in [2.24, 2.45) is 0 Å². The van der Waals surface area contributed by atoms with Crippen molar-refractivity contribution in [1.29, 1.82) is 0 Å². The molecule has 0 spiro atoms. The van der Waals surface area contributed by atoms with Crippen molar-refractivity contribution in [2.45, 2.75) is 180 Å². The number of phosphoric acid groups is 1. The summed E-state index contributed by atoms with van der Waals surface area (Å²) < 4.78 is 26.9. The van der Waals surface area contributed by atoms with Gasteiger partial charge in [0.15, 0.2) is 6.04 Å². The molecule has 11 nitrogen and oxygen atoms in total. The number of amides is 1. The number of hydrogen-bond donors (Lipinski definition) is 4. The lowest BCUT2D eigenvalue weighted by Crippen LogP contribution is -2.43. The van der Waals surface area contributed by atoms with Crippen molar-refractivity contribution in [3.8, 4) is 0 Å². The minimum atomic E-state index is -4.78. The molecule has 0 heterocycles. The standard InChI is InChI=1S/C52H84NO10P/c1-3-5-7-9-11-13-15-17-19-21-23-24-26-28-30-32-34-36-38-40-42-44-51(56)61-45-48(54)46-62-64(59,60)63-47-49(52(57)58)53-50(55)43-41-39-37-35-33-31-29-27-25-22-20-18-16-14-12-10-8-6-4-2/h5,7,11-14,17-20,23-25,27-28,30-31,33,48-49,54H,3-4,6,8-10,15-16,21-22,26,29,32,34-47H2,1-2H3,(H,53,55)(H,57,58)(H,59,60)/b7-5-,13-11-,14-12-,19-17-,20-18-,24-23-,27-25-,30-28-,33-31-. The zero-order valence-corrected chi connectivity index (χ0v) is 40.2. The Hall–Kier alpha value is -3.86. The van der Waals surface area contributed by atoms with E-state index in [-0.39, 0.29) is 12.8 Å². The highest BCUT2D eigenvalue weighted by Crippen LogP contribution is 2.43. The number of rotatable bonds is 43. The first kappa shape index (κ1) is 60.1. The molecule has 0 radical (unpaired) electrons. The maximum atomic E-state index is 12.3. The lowest BCUT2D eigenvalue weighted by molar-refractivity contribution is -0.147. The van der Waals surface area contributed by atoms with Gasteiger partial charge in [-0.25, -0.2) is 9.36 Å². The molecule has 0 bridgehead atoms. The summed E-state index contributed by atoms with van der Waals surface area (Å²) >= 11 is 0. The van der Waals surface area contributed by atoms with Gasteiger partial charge in [-0.15, -0.1) is 0 Å². The van der Waals surface area contributed by atoms with Crippen LogP contribution < -0.4 is 5.32 Å². The topological polar surface area (TPSA) is 169 Å². The zero-order chi connectivity index (χ0) is 47.0. The van der Waals surface area contributed by atoms with Gasteiger partial charge in [-0.2, -0.15) is 0 Å². The predicted octanol–water partition coefficient (Wildman–Crippen LogP) is 13.0.